The Bertz CT molecular complexity index is 738. The van der Waals surface area contributed by atoms with Crippen LogP contribution in [0.4, 0.5) is 8.78 Å². The van der Waals surface area contributed by atoms with Crippen LogP contribution in [0.5, 0.6) is 0 Å². The molecule has 0 bridgehead atoms. The topological polar surface area (TPSA) is 54.2 Å². The molecule has 1 aromatic heterocycles. The monoisotopic (exact) mass is 348 g/mol. The average molecular weight is 348 g/mol. The van der Waals surface area contributed by atoms with Gasteiger partial charge in [-0.05, 0) is 25.8 Å². The van der Waals surface area contributed by atoms with Gasteiger partial charge in [-0.3, -0.25) is 4.90 Å². The van der Waals surface area contributed by atoms with Crippen LogP contribution in [0.25, 0.3) is 0 Å². The second-order valence-electron chi connectivity index (χ2n) is 6.47. The fourth-order valence-electron chi connectivity index (χ4n) is 3.33. The molecule has 1 aliphatic rings. The summed E-state index contributed by atoms with van der Waals surface area (Å²) >= 11 is 0. The van der Waals surface area contributed by atoms with E-state index in [1.807, 2.05) is 6.92 Å². The maximum atomic E-state index is 14.4. The molecule has 1 aromatic carbocycles. The van der Waals surface area contributed by atoms with Crippen LogP contribution in [0.15, 0.2) is 42.5 Å². The van der Waals surface area contributed by atoms with Gasteiger partial charge in [-0.15, -0.1) is 0 Å². The number of rotatable bonds is 5. The Labute approximate surface area is 145 Å². The van der Waals surface area contributed by atoms with Crippen molar-refractivity contribution in [1.29, 1.82) is 0 Å². The smallest absolute Gasteiger partial charge is 0.137 e. The minimum atomic E-state index is -1.53. The molecular formula is C18H22F2N4O. The first-order chi connectivity index (χ1) is 12.0. The van der Waals surface area contributed by atoms with E-state index in [0.717, 1.165) is 32.0 Å². The molecular weight excluding hydrogens is 326 g/mol. The Morgan fingerprint density at radius 2 is 2.00 bits per heavy atom. The molecule has 1 fully saturated rings. The molecule has 25 heavy (non-hydrogen) atoms. The van der Waals surface area contributed by atoms with Crippen LogP contribution in [0.2, 0.25) is 0 Å². The van der Waals surface area contributed by atoms with Crippen molar-refractivity contribution < 1.29 is 13.9 Å². The van der Waals surface area contributed by atoms with E-state index < -0.39 is 17.2 Å². The maximum absolute atomic E-state index is 14.4. The number of halogens is 2. The molecule has 0 amide bonds. The van der Waals surface area contributed by atoms with Crippen LogP contribution >= 0.6 is 0 Å². The number of benzene rings is 1. The van der Waals surface area contributed by atoms with Crippen LogP contribution in [0, 0.1) is 11.6 Å². The van der Waals surface area contributed by atoms with Crippen molar-refractivity contribution in [3.05, 3.63) is 59.7 Å². The third kappa shape index (κ3) is 4.11. The molecule has 0 spiro atoms. The maximum Gasteiger partial charge on any atom is 0.137 e. The highest BCUT2D eigenvalue weighted by atomic mass is 19.1. The molecule has 0 unspecified atom stereocenters. The van der Waals surface area contributed by atoms with E-state index in [4.69, 9.17) is 0 Å². The van der Waals surface area contributed by atoms with Crippen molar-refractivity contribution in [2.45, 2.75) is 31.9 Å². The van der Waals surface area contributed by atoms with Gasteiger partial charge in [-0.2, -0.15) is 5.10 Å². The number of β-amino-alcohol motifs (C(OH)–C–C–N with tert-alkyl or cyclic N) is 1. The molecule has 0 radical (unpaired) electrons. The molecule has 134 valence electrons. The standard InChI is InChI=1S/C18H22F2N4O/c1-2-14-5-7-23(8-6-14)10-18(25,11-24-13-21-12-22-24)16-4-3-15(19)9-17(16)20/h2-4,9,12-13,25H,5-8,10-11H2,1H3/t18-/m0/s1. The van der Waals surface area contributed by atoms with E-state index in [2.05, 4.69) is 21.1 Å². The van der Waals surface area contributed by atoms with E-state index in [0.29, 0.717) is 0 Å². The fourth-order valence-corrected chi connectivity index (χ4v) is 3.33. The van der Waals surface area contributed by atoms with Gasteiger partial charge >= 0.3 is 0 Å². The summed E-state index contributed by atoms with van der Waals surface area (Å²) in [6, 6.07) is 3.28. The normalized spacial score (nSPS) is 18.2. The molecule has 2 aromatic rings. The lowest BCUT2D eigenvalue weighted by Crippen LogP contribution is -2.46. The summed E-state index contributed by atoms with van der Waals surface area (Å²) in [6.45, 7) is 3.90. The van der Waals surface area contributed by atoms with E-state index in [1.165, 1.54) is 35.0 Å². The van der Waals surface area contributed by atoms with Crippen LogP contribution in [0.3, 0.4) is 0 Å². The second-order valence-corrected chi connectivity index (χ2v) is 6.47. The molecule has 0 saturated carbocycles. The minimum absolute atomic E-state index is 0.0442. The van der Waals surface area contributed by atoms with Gasteiger partial charge in [0.25, 0.3) is 0 Å². The fraction of sp³-hybridized carbons (Fsp3) is 0.444. The first-order valence-corrected chi connectivity index (χ1v) is 8.37. The predicted molar refractivity (Wildman–Crippen MR) is 89.7 cm³/mol. The Kier molecular flexibility index (Phi) is 5.24. The number of nitrogens with zero attached hydrogens (tertiary/aromatic N) is 4. The van der Waals surface area contributed by atoms with Gasteiger partial charge in [0.1, 0.15) is 29.9 Å². The lowest BCUT2D eigenvalue weighted by atomic mass is 9.91. The highest BCUT2D eigenvalue weighted by Gasteiger charge is 2.36. The molecule has 1 N–H and O–H groups in total. The highest BCUT2D eigenvalue weighted by Crippen LogP contribution is 2.29. The molecule has 5 nitrogen and oxygen atoms in total. The third-order valence-electron chi connectivity index (χ3n) is 4.71. The molecule has 1 saturated heterocycles. The number of hydrogen-bond acceptors (Lipinski definition) is 4. The molecule has 0 aliphatic carbocycles. The highest BCUT2D eigenvalue weighted by molar-refractivity contribution is 5.26. The lowest BCUT2D eigenvalue weighted by molar-refractivity contribution is -0.0232. The van der Waals surface area contributed by atoms with Crippen LogP contribution in [-0.2, 0) is 12.1 Å². The Balaban J connectivity index is 1.86. The first-order valence-electron chi connectivity index (χ1n) is 8.37. The summed E-state index contributed by atoms with van der Waals surface area (Å²) in [5, 5.41) is 15.3. The average Bonchev–Trinajstić information content (AvgIpc) is 3.08. The molecule has 2 heterocycles. The minimum Gasteiger partial charge on any atom is -0.382 e. The van der Waals surface area contributed by atoms with Crippen molar-refractivity contribution in [2.24, 2.45) is 0 Å². The van der Waals surface area contributed by atoms with Gasteiger partial charge in [0.2, 0.25) is 0 Å². The Morgan fingerprint density at radius 1 is 1.24 bits per heavy atom. The van der Waals surface area contributed by atoms with Crippen molar-refractivity contribution in [3.63, 3.8) is 0 Å². The molecule has 7 heteroatoms. The third-order valence-corrected chi connectivity index (χ3v) is 4.71. The Morgan fingerprint density at radius 3 is 2.60 bits per heavy atom. The number of aliphatic hydroxyl groups is 1. The van der Waals surface area contributed by atoms with Crippen molar-refractivity contribution in [3.8, 4) is 0 Å². The van der Waals surface area contributed by atoms with Crippen molar-refractivity contribution >= 4 is 0 Å². The SMILES string of the molecule is CC=C1CCN(C[C@](O)(Cn2cncn2)c2ccc(F)cc2F)CC1. The van der Waals surface area contributed by atoms with E-state index in [-0.39, 0.29) is 18.7 Å². The van der Waals surface area contributed by atoms with Crippen molar-refractivity contribution in [1.82, 2.24) is 19.7 Å². The van der Waals surface area contributed by atoms with E-state index in [9.17, 15) is 13.9 Å². The molecule has 3 rings (SSSR count). The van der Waals surface area contributed by atoms with Crippen LogP contribution in [0.1, 0.15) is 25.3 Å². The first kappa shape index (κ1) is 17.7. The Hall–Kier alpha value is -2.12. The largest absolute Gasteiger partial charge is 0.382 e. The van der Waals surface area contributed by atoms with Gasteiger partial charge in [0, 0.05) is 31.3 Å². The number of hydrogen-bond donors (Lipinski definition) is 1. The van der Waals surface area contributed by atoms with Crippen LogP contribution < -0.4 is 0 Å². The lowest BCUT2D eigenvalue weighted by Gasteiger charge is -2.37. The van der Waals surface area contributed by atoms with Gasteiger partial charge in [0.05, 0.1) is 6.54 Å². The van der Waals surface area contributed by atoms with Crippen LogP contribution in [-0.4, -0.2) is 44.4 Å². The second kappa shape index (κ2) is 7.41. The number of aromatic nitrogens is 3. The summed E-state index contributed by atoms with van der Waals surface area (Å²) < 4.78 is 29.1. The number of likely N-dealkylation sites (tertiary alicyclic amines) is 1. The van der Waals surface area contributed by atoms with Gasteiger partial charge in [-0.1, -0.05) is 17.7 Å². The van der Waals surface area contributed by atoms with Gasteiger partial charge in [-0.25, -0.2) is 18.4 Å². The zero-order chi connectivity index (χ0) is 17.9. The zero-order valence-corrected chi connectivity index (χ0v) is 14.2. The van der Waals surface area contributed by atoms with Crippen molar-refractivity contribution in [2.75, 3.05) is 19.6 Å². The quantitative estimate of drug-likeness (QED) is 0.844. The van der Waals surface area contributed by atoms with Gasteiger partial charge in [0.15, 0.2) is 0 Å². The zero-order valence-electron chi connectivity index (χ0n) is 14.2. The summed E-state index contributed by atoms with van der Waals surface area (Å²) in [4.78, 5) is 5.97. The predicted octanol–water partition coefficient (Wildman–Crippen LogP) is 2.49. The van der Waals surface area contributed by atoms with Gasteiger partial charge < -0.3 is 5.11 Å². The number of allylic oxidation sites excluding steroid dienone is 1. The summed E-state index contributed by atoms with van der Waals surface area (Å²) in [7, 11) is 0. The summed E-state index contributed by atoms with van der Waals surface area (Å²) in [5.41, 5.74) is -0.0657. The molecule has 1 atom stereocenters. The number of piperidine rings is 1. The van der Waals surface area contributed by atoms with E-state index >= 15 is 0 Å². The van der Waals surface area contributed by atoms with E-state index in [1.54, 1.807) is 0 Å². The summed E-state index contributed by atoms with van der Waals surface area (Å²) in [5.74, 6) is -1.42. The summed E-state index contributed by atoms with van der Waals surface area (Å²) in [6.07, 6.45) is 6.82. The molecule has 1 aliphatic heterocycles.